The lowest BCUT2D eigenvalue weighted by atomic mass is 10.2. The summed E-state index contributed by atoms with van der Waals surface area (Å²) in [6.07, 6.45) is 0. The third-order valence-electron chi connectivity index (χ3n) is 2.80. The van der Waals surface area contributed by atoms with Crippen molar-refractivity contribution in [2.45, 2.75) is 9.92 Å². The Bertz CT molecular complexity index is 790. The molecule has 1 heterocycles. The Morgan fingerprint density at radius 3 is 2.65 bits per heavy atom. The van der Waals surface area contributed by atoms with Crippen molar-refractivity contribution in [2.75, 3.05) is 5.73 Å². The van der Waals surface area contributed by atoms with Gasteiger partial charge in [0.25, 0.3) is 0 Å². The molecule has 0 spiro atoms. The quantitative estimate of drug-likeness (QED) is 0.653. The number of nitrogens with zero attached hydrogens (tertiary/aromatic N) is 1. The minimum atomic E-state index is 0.658. The Morgan fingerprint density at radius 2 is 1.80 bits per heavy atom. The van der Waals surface area contributed by atoms with E-state index in [9.17, 15) is 0 Å². The molecule has 0 amide bonds. The molecule has 0 unspecified atom stereocenters. The lowest BCUT2D eigenvalue weighted by molar-refractivity contribution is 1.19. The van der Waals surface area contributed by atoms with E-state index in [4.69, 9.17) is 28.9 Å². The molecule has 0 aliphatic rings. The van der Waals surface area contributed by atoms with Gasteiger partial charge in [-0.2, -0.15) is 0 Å². The van der Waals surface area contributed by atoms with Crippen LogP contribution in [0.25, 0.3) is 10.9 Å². The van der Waals surface area contributed by atoms with Crippen LogP contribution in [-0.4, -0.2) is 4.98 Å². The SMILES string of the molecule is Nc1ccc2nc(Sc3cc(Cl)ccc3Cl)ccc2c1. The van der Waals surface area contributed by atoms with Crippen LogP contribution in [0.1, 0.15) is 0 Å². The Kier molecular flexibility index (Phi) is 3.74. The number of halogens is 2. The highest BCUT2D eigenvalue weighted by Gasteiger charge is 2.06. The average molecular weight is 321 g/mol. The monoisotopic (exact) mass is 320 g/mol. The maximum absolute atomic E-state index is 6.16. The Hall–Kier alpha value is -1.42. The predicted molar refractivity (Wildman–Crippen MR) is 86.7 cm³/mol. The van der Waals surface area contributed by atoms with Crippen LogP contribution in [0.4, 0.5) is 5.69 Å². The van der Waals surface area contributed by atoms with E-state index in [1.807, 2.05) is 36.4 Å². The molecular weight excluding hydrogens is 311 g/mol. The van der Waals surface area contributed by atoms with E-state index >= 15 is 0 Å². The highest BCUT2D eigenvalue weighted by molar-refractivity contribution is 7.99. The number of fused-ring (bicyclic) bond motifs is 1. The van der Waals surface area contributed by atoms with Crippen LogP contribution >= 0.6 is 35.0 Å². The molecule has 0 radical (unpaired) electrons. The van der Waals surface area contributed by atoms with Gasteiger partial charge in [0.15, 0.2) is 0 Å². The molecule has 2 N–H and O–H groups in total. The summed E-state index contributed by atoms with van der Waals surface area (Å²) < 4.78 is 0. The van der Waals surface area contributed by atoms with E-state index in [2.05, 4.69) is 4.98 Å². The number of hydrogen-bond donors (Lipinski definition) is 1. The third-order valence-corrected chi connectivity index (χ3v) is 4.47. The fraction of sp³-hybridized carbons (Fsp3) is 0. The summed E-state index contributed by atoms with van der Waals surface area (Å²) in [6, 6.07) is 15.0. The van der Waals surface area contributed by atoms with E-state index < -0.39 is 0 Å². The molecule has 0 fully saturated rings. The standard InChI is InChI=1S/C15H10Cl2N2S/c16-10-2-4-12(17)14(8-10)20-15-6-1-9-7-11(18)3-5-13(9)19-15/h1-8H,18H2. The van der Waals surface area contributed by atoms with Crippen LogP contribution in [0.5, 0.6) is 0 Å². The third kappa shape index (κ3) is 2.85. The molecule has 0 saturated carbocycles. The minimum Gasteiger partial charge on any atom is -0.399 e. The number of aromatic nitrogens is 1. The first-order valence-corrected chi connectivity index (χ1v) is 7.48. The van der Waals surface area contributed by atoms with Crippen LogP contribution in [0.3, 0.4) is 0 Å². The van der Waals surface area contributed by atoms with Crippen LogP contribution in [0.15, 0.2) is 58.5 Å². The van der Waals surface area contributed by atoms with Gasteiger partial charge in [0, 0.05) is 21.0 Å². The van der Waals surface area contributed by atoms with Crippen molar-refractivity contribution in [3.05, 3.63) is 58.6 Å². The predicted octanol–water partition coefficient (Wildman–Crippen LogP) is 5.28. The molecule has 2 aromatic carbocycles. The van der Waals surface area contributed by atoms with Gasteiger partial charge in [0.05, 0.1) is 10.5 Å². The first-order chi connectivity index (χ1) is 9.61. The Balaban J connectivity index is 1.98. The smallest absolute Gasteiger partial charge is 0.102 e. The van der Waals surface area contributed by atoms with Crippen LogP contribution < -0.4 is 5.73 Å². The molecule has 1 aromatic heterocycles. The molecule has 0 aliphatic carbocycles. The highest BCUT2D eigenvalue weighted by atomic mass is 35.5. The summed E-state index contributed by atoms with van der Waals surface area (Å²) in [5.41, 5.74) is 7.40. The summed E-state index contributed by atoms with van der Waals surface area (Å²) in [6.45, 7) is 0. The normalized spacial score (nSPS) is 10.9. The maximum Gasteiger partial charge on any atom is 0.102 e. The van der Waals surface area contributed by atoms with Crippen molar-refractivity contribution >= 4 is 51.6 Å². The molecule has 3 aromatic rings. The summed E-state index contributed by atoms with van der Waals surface area (Å²) in [5, 5.41) is 3.21. The zero-order chi connectivity index (χ0) is 14.1. The largest absolute Gasteiger partial charge is 0.399 e. The Labute approximate surface area is 130 Å². The topological polar surface area (TPSA) is 38.9 Å². The van der Waals surface area contributed by atoms with Crippen molar-refractivity contribution in [3.63, 3.8) is 0 Å². The molecule has 0 bridgehead atoms. The summed E-state index contributed by atoms with van der Waals surface area (Å²) in [7, 11) is 0. The number of benzene rings is 2. The minimum absolute atomic E-state index is 0.658. The van der Waals surface area contributed by atoms with Crippen LogP contribution in [-0.2, 0) is 0 Å². The van der Waals surface area contributed by atoms with E-state index in [0.29, 0.717) is 10.0 Å². The molecular formula is C15H10Cl2N2S. The number of anilines is 1. The van der Waals surface area contributed by atoms with Crippen LogP contribution in [0, 0.1) is 0 Å². The molecule has 2 nitrogen and oxygen atoms in total. The van der Waals surface area contributed by atoms with E-state index in [0.717, 1.165) is 26.5 Å². The number of rotatable bonds is 2. The van der Waals surface area contributed by atoms with Gasteiger partial charge in [0.1, 0.15) is 5.03 Å². The van der Waals surface area contributed by atoms with E-state index in [-0.39, 0.29) is 0 Å². The van der Waals surface area contributed by atoms with Crippen molar-refractivity contribution in [3.8, 4) is 0 Å². The fourth-order valence-electron chi connectivity index (χ4n) is 1.85. The fourth-order valence-corrected chi connectivity index (χ4v) is 3.18. The lowest BCUT2D eigenvalue weighted by Crippen LogP contribution is -1.87. The zero-order valence-electron chi connectivity index (χ0n) is 10.3. The summed E-state index contributed by atoms with van der Waals surface area (Å²) in [5.74, 6) is 0. The molecule has 20 heavy (non-hydrogen) atoms. The molecule has 0 atom stereocenters. The maximum atomic E-state index is 6.16. The molecule has 100 valence electrons. The zero-order valence-corrected chi connectivity index (χ0v) is 12.6. The first kappa shape index (κ1) is 13.6. The molecule has 3 rings (SSSR count). The van der Waals surface area contributed by atoms with Gasteiger partial charge in [-0.05, 0) is 42.5 Å². The second kappa shape index (κ2) is 5.52. The number of nitrogens with two attached hydrogens (primary N) is 1. The lowest BCUT2D eigenvalue weighted by Gasteiger charge is -2.06. The Morgan fingerprint density at radius 1 is 0.950 bits per heavy atom. The van der Waals surface area contributed by atoms with E-state index in [1.165, 1.54) is 11.8 Å². The second-order valence-electron chi connectivity index (χ2n) is 4.28. The van der Waals surface area contributed by atoms with Crippen molar-refractivity contribution in [1.82, 2.24) is 4.98 Å². The second-order valence-corrected chi connectivity index (χ2v) is 6.18. The van der Waals surface area contributed by atoms with Gasteiger partial charge in [-0.25, -0.2) is 4.98 Å². The number of nitrogen functional groups attached to an aromatic ring is 1. The molecule has 0 saturated heterocycles. The molecule has 0 aliphatic heterocycles. The van der Waals surface area contributed by atoms with Gasteiger partial charge in [-0.15, -0.1) is 0 Å². The van der Waals surface area contributed by atoms with Crippen molar-refractivity contribution in [1.29, 1.82) is 0 Å². The van der Waals surface area contributed by atoms with Gasteiger partial charge in [-0.3, -0.25) is 0 Å². The average Bonchev–Trinajstić information content (AvgIpc) is 2.43. The van der Waals surface area contributed by atoms with Gasteiger partial charge >= 0.3 is 0 Å². The van der Waals surface area contributed by atoms with Gasteiger partial charge in [-0.1, -0.05) is 41.0 Å². The number of hydrogen-bond acceptors (Lipinski definition) is 3. The van der Waals surface area contributed by atoms with Crippen molar-refractivity contribution < 1.29 is 0 Å². The number of pyridine rings is 1. The van der Waals surface area contributed by atoms with Crippen LogP contribution in [0.2, 0.25) is 10.0 Å². The van der Waals surface area contributed by atoms with Gasteiger partial charge in [0.2, 0.25) is 0 Å². The molecule has 5 heteroatoms. The summed E-state index contributed by atoms with van der Waals surface area (Å²) in [4.78, 5) is 5.48. The highest BCUT2D eigenvalue weighted by Crippen LogP contribution is 2.34. The summed E-state index contributed by atoms with van der Waals surface area (Å²) >= 11 is 13.6. The van der Waals surface area contributed by atoms with E-state index in [1.54, 1.807) is 12.1 Å². The first-order valence-electron chi connectivity index (χ1n) is 5.91. The van der Waals surface area contributed by atoms with Crippen molar-refractivity contribution in [2.24, 2.45) is 0 Å². The van der Waals surface area contributed by atoms with Gasteiger partial charge < -0.3 is 5.73 Å².